The van der Waals surface area contributed by atoms with Crippen LogP contribution in [0.15, 0.2) is 47.0 Å². The lowest BCUT2D eigenvalue weighted by molar-refractivity contribution is 0.0406. The van der Waals surface area contributed by atoms with Gasteiger partial charge in [-0.05, 0) is 127 Å². The molecule has 0 spiro atoms. The Hall–Kier alpha value is -3.49. The first kappa shape index (κ1) is 29.6. The average molecular weight is 593 g/mol. The van der Waals surface area contributed by atoms with E-state index in [1.54, 1.807) is 17.0 Å². The SMILES string of the molecule is CC(C)Oc1ccc(-c2cc(N(CC34CCC(c5noc(C6(F)CC6)n5)(CC3)CC4)C(=O)NC(C)(C)C)ccc2F)cc1. The van der Waals surface area contributed by atoms with Crippen LogP contribution in [0.3, 0.4) is 0 Å². The monoisotopic (exact) mass is 592 g/mol. The third-order valence-electron chi connectivity index (χ3n) is 9.39. The fourth-order valence-corrected chi connectivity index (χ4v) is 6.67. The van der Waals surface area contributed by atoms with E-state index in [1.807, 2.05) is 58.9 Å². The van der Waals surface area contributed by atoms with Crippen LogP contribution >= 0.6 is 0 Å². The van der Waals surface area contributed by atoms with Gasteiger partial charge in [0.1, 0.15) is 11.6 Å². The lowest BCUT2D eigenvalue weighted by Crippen LogP contribution is -2.55. The van der Waals surface area contributed by atoms with Crippen LogP contribution in [0.25, 0.3) is 11.1 Å². The van der Waals surface area contributed by atoms with Crippen molar-refractivity contribution in [3.05, 3.63) is 60.0 Å². The van der Waals surface area contributed by atoms with E-state index in [9.17, 15) is 9.18 Å². The van der Waals surface area contributed by atoms with Gasteiger partial charge in [0.15, 0.2) is 11.5 Å². The number of urea groups is 1. The zero-order valence-corrected chi connectivity index (χ0v) is 25.8. The van der Waals surface area contributed by atoms with Gasteiger partial charge < -0.3 is 14.6 Å². The fourth-order valence-electron chi connectivity index (χ4n) is 6.67. The topological polar surface area (TPSA) is 80.5 Å². The molecule has 3 aromatic rings. The molecule has 1 aromatic heterocycles. The molecule has 7 rings (SSSR count). The number of nitrogens with one attached hydrogen (secondary N) is 1. The van der Waals surface area contributed by atoms with E-state index in [1.165, 1.54) is 6.07 Å². The maximum absolute atomic E-state index is 15.2. The molecule has 0 saturated heterocycles. The molecule has 0 atom stereocenters. The fraction of sp³-hybridized carbons (Fsp3) is 0.559. The molecule has 4 saturated carbocycles. The quantitative estimate of drug-likeness (QED) is 0.285. The standard InChI is InChI=1S/C34H42F2N4O3/c1-22(2)42-25-9-6-23(7-10-25)26-20-24(8-11-27(26)35)40(30(41)38-31(3,4)5)21-32-12-15-33(16-13-32,17-14-32)28-37-29(43-39-28)34(36)18-19-34/h6-11,20,22H,12-19,21H2,1-5H3,(H,38,41). The van der Waals surface area contributed by atoms with Gasteiger partial charge in [0, 0.05) is 28.7 Å². The van der Waals surface area contributed by atoms with Gasteiger partial charge in [0.2, 0.25) is 0 Å². The summed E-state index contributed by atoms with van der Waals surface area (Å²) in [5, 5.41) is 7.36. The summed E-state index contributed by atoms with van der Waals surface area (Å²) in [6.45, 7) is 10.3. The van der Waals surface area contributed by atoms with E-state index < -0.39 is 11.2 Å². The summed E-state index contributed by atoms with van der Waals surface area (Å²) < 4.78 is 40.9. The minimum atomic E-state index is -1.44. The van der Waals surface area contributed by atoms with Gasteiger partial charge in [-0.2, -0.15) is 4.98 Å². The summed E-state index contributed by atoms with van der Waals surface area (Å²) in [5.41, 5.74) is -0.382. The Morgan fingerprint density at radius 3 is 2.26 bits per heavy atom. The van der Waals surface area contributed by atoms with E-state index in [4.69, 9.17) is 9.26 Å². The van der Waals surface area contributed by atoms with Gasteiger partial charge in [-0.3, -0.25) is 4.90 Å². The molecule has 4 aliphatic rings. The molecule has 2 amide bonds. The molecule has 1 N–H and O–H groups in total. The van der Waals surface area contributed by atoms with Crippen LogP contribution in [0, 0.1) is 11.2 Å². The van der Waals surface area contributed by atoms with Gasteiger partial charge in [0.25, 0.3) is 5.89 Å². The summed E-state index contributed by atoms with van der Waals surface area (Å²) >= 11 is 0. The van der Waals surface area contributed by atoms with Crippen LogP contribution < -0.4 is 15.0 Å². The zero-order valence-electron chi connectivity index (χ0n) is 25.8. The summed E-state index contributed by atoms with van der Waals surface area (Å²) in [6.07, 6.45) is 6.19. The van der Waals surface area contributed by atoms with E-state index >= 15 is 4.39 Å². The molecule has 43 heavy (non-hydrogen) atoms. The van der Waals surface area contributed by atoms with Gasteiger partial charge in [-0.15, -0.1) is 0 Å². The Bertz CT molecular complexity index is 1470. The van der Waals surface area contributed by atoms with Gasteiger partial charge >= 0.3 is 6.03 Å². The largest absolute Gasteiger partial charge is 0.491 e. The van der Waals surface area contributed by atoms with E-state index in [0.29, 0.717) is 42.0 Å². The Morgan fingerprint density at radius 2 is 1.67 bits per heavy atom. The van der Waals surface area contributed by atoms with Crippen LogP contribution in [0.5, 0.6) is 5.75 Å². The Balaban J connectivity index is 1.25. The number of nitrogens with zero attached hydrogens (tertiary/aromatic N) is 3. The Morgan fingerprint density at radius 1 is 1.02 bits per heavy atom. The van der Waals surface area contributed by atoms with Crippen molar-refractivity contribution >= 4 is 11.7 Å². The number of alkyl halides is 1. The third-order valence-corrected chi connectivity index (χ3v) is 9.39. The highest BCUT2D eigenvalue weighted by Gasteiger charge is 2.55. The Kier molecular flexibility index (Phi) is 7.29. The van der Waals surface area contributed by atoms with Gasteiger partial charge in [-0.25, -0.2) is 13.6 Å². The number of hydrogen-bond acceptors (Lipinski definition) is 5. The number of fused-ring (bicyclic) bond motifs is 3. The molecular weight excluding hydrogens is 550 g/mol. The van der Waals surface area contributed by atoms with Gasteiger partial charge in [-0.1, -0.05) is 17.3 Å². The van der Waals surface area contributed by atoms with Gasteiger partial charge in [0.05, 0.1) is 6.10 Å². The van der Waals surface area contributed by atoms with Crippen LogP contribution in [0.2, 0.25) is 0 Å². The van der Waals surface area contributed by atoms with Crippen LogP contribution in [0.4, 0.5) is 19.3 Å². The molecule has 0 unspecified atom stereocenters. The lowest BCUT2D eigenvalue weighted by atomic mass is 9.53. The second-order valence-electron chi connectivity index (χ2n) is 14.3. The molecule has 230 valence electrons. The van der Waals surface area contributed by atoms with Crippen LogP contribution in [0.1, 0.15) is 97.7 Å². The summed E-state index contributed by atoms with van der Waals surface area (Å²) in [5.74, 6) is 1.13. The number of carbonyl (C=O) groups is 1. The number of anilines is 1. The van der Waals surface area contributed by atoms with Crippen molar-refractivity contribution in [2.75, 3.05) is 11.4 Å². The van der Waals surface area contributed by atoms with Crippen LogP contribution in [-0.4, -0.2) is 34.4 Å². The highest BCUT2D eigenvalue weighted by atomic mass is 19.1. The van der Waals surface area contributed by atoms with E-state index in [2.05, 4.69) is 15.5 Å². The molecule has 7 nitrogen and oxygen atoms in total. The number of amides is 2. The number of rotatable bonds is 8. The van der Waals surface area contributed by atoms with E-state index in [0.717, 1.165) is 44.3 Å². The first-order chi connectivity index (χ1) is 20.3. The summed E-state index contributed by atoms with van der Waals surface area (Å²) in [4.78, 5) is 20.1. The predicted octanol–water partition coefficient (Wildman–Crippen LogP) is 8.23. The number of benzene rings is 2. The minimum Gasteiger partial charge on any atom is -0.491 e. The number of hydrogen-bond donors (Lipinski definition) is 1. The second-order valence-corrected chi connectivity index (χ2v) is 14.3. The molecule has 4 aliphatic carbocycles. The molecule has 2 aromatic carbocycles. The maximum atomic E-state index is 15.2. The summed E-state index contributed by atoms with van der Waals surface area (Å²) in [7, 11) is 0. The lowest BCUT2D eigenvalue weighted by Gasteiger charge is -2.53. The molecule has 2 bridgehead atoms. The number of carbonyl (C=O) groups excluding carboxylic acids is 1. The number of ether oxygens (including phenoxy) is 1. The first-order valence-corrected chi connectivity index (χ1v) is 15.5. The summed E-state index contributed by atoms with van der Waals surface area (Å²) in [6, 6.07) is 12.1. The highest BCUT2D eigenvalue weighted by Crippen LogP contribution is 2.58. The molecule has 1 heterocycles. The first-order valence-electron chi connectivity index (χ1n) is 15.5. The second kappa shape index (κ2) is 10.6. The number of aromatic nitrogens is 2. The smallest absolute Gasteiger partial charge is 0.322 e. The van der Waals surface area contributed by atoms with Crippen molar-refractivity contribution < 1.29 is 22.8 Å². The molecule has 4 fully saturated rings. The molecule has 9 heteroatoms. The van der Waals surface area contributed by atoms with Crippen molar-refractivity contribution in [2.24, 2.45) is 5.41 Å². The third kappa shape index (κ3) is 6.00. The molecular formula is C34H42F2N4O3. The Labute approximate surface area is 252 Å². The minimum absolute atomic E-state index is 0.0413. The predicted molar refractivity (Wildman–Crippen MR) is 161 cm³/mol. The number of halogens is 2. The molecule has 0 radical (unpaired) electrons. The van der Waals surface area contributed by atoms with E-state index in [-0.39, 0.29) is 34.7 Å². The van der Waals surface area contributed by atoms with Crippen LogP contribution in [-0.2, 0) is 11.1 Å². The van der Waals surface area contributed by atoms with Crippen molar-refractivity contribution in [3.8, 4) is 16.9 Å². The molecule has 0 aliphatic heterocycles. The van der Waals surface area contributed by atoms with Crippen molar-refractivity contribution in [1.29, 1.82) is 0 Å². The van der Waals surface area contributed by atoms with Crippen molar-refractivity contribution in [3.63, 3.8) is 0 Å². The van der Waals surface area contributed by atoms with Crippen molar-refractivity contribution in [1.82, 2.24) is 15.5 Å². The maximum Gasteiger partial charge on any atom is 0.322 e. The normalized spacial score (nSPS) is 24.2. The average Bonchev–Trinajstić information content (AvgIpc) is 3.49. The zero-order chi connectivity index (χ0) is 30.6. The highest BCUT2D eigenvalue weighted by molar-refractivity contribution is 5.93. The van der Waals surface area contributed by atoms with Crippen molar-refractivity contribution in [2.45, 2.75) is 109 Å².